The zero-order valence-electron chi connectivity index (χ0n) is 9.50. The van der Waals surface area contributed by atoms with Gasteiger partial charge in [0, 0.05) is 0 Å². The maximum absolute atomic E-state index is 13.8. The van der Waals surface area contributed by atoms with E-state index in [0.717, 1.165) is 0 Å². The number of hydrogen-bond acceptors (Lipinski definition) is 6. The third kappa shape index (κ3) is 2.06. The molecule has 14 heteroatoms. The van der Waals surface area contributed by atoms with E-state index in [0.29, 0.717) is 0 Å². The topological polar surface area (TPSA) is 86.7 Å². The Hall–Kier alpha value is -0.600. The molecule has 0 saturated carbocycles. The van der Waals surface area contributed by atoms with E-state index in [1.807, 2.05) is 0 Å². The Bertz CT molecular complexity index is 580. The third-order valence-electron chi connectivity index (χ3n) is 3.19. The molecule has 0 aromatic heterocycles. The molecule has 0 aromatic carbocycles. The van der Waals surface area contributed by atoms with Crippen LogP contribution in [0.15, 0.2) is 0 Å². The van der Waals surface area contributed by atoms with E-state index >= 15 is 0 Å². The lowest BCUT2D eigenvalue weighted by Gasteiger charge is -2.47. The molecule has 0 aromatic rings. The highest BCUT2D eigenvalue weighted by Gasteiger charge is 2.75. The van der Waals surface area contributed by atoms with E-state index in [-0.39, 0.29) is 0 Å². The molecular formula is C7H6F6O6S2. The molecule has 0 aliphatic carbocycles. The Balaban J connectivity index is 2.59. The molecule has 2 heterocycles. The average Bonchev–Trinajstić information content (AvgIpc) is 2.33. The first kappa shape index (κ1) is 16.8. The van der Waals surface area contributed by atoms with Crippen LogP contribution in [0.25, 0.3) is 0 Å². The van der Waals surface area contributed by atoms with Crippen LogP contribution in [0.5, 0.6) is 0 Å². The minimum absolute atomic E-state index is 3.38. The van der Waals surface area contributed by atoms with Crippen LogP contribution in [-0.4, -0.2) is 52.9 Å². The van der Waals surface area contributed by atoms with E-state index in [1.54, 1.807) is 0 Å². The molecule has 2 rings (SSSR count). The minimum atomic E-state index is -5.51. The lowest BCUT2D eigenvalue weighted by atomic mass is 9.78. The maximum atomic E-state index is 13.8. The zero-order valence-corrected chi connectivity index (χ0v) is 11.1. The van der Waals surface area contributed by atoms with Crippen LogP contribution in [0.2, 0.25) is 0 Å². The van der Waals surface area contributed by atoms with Crippen molar-refractivity contribution in [1.29, 1.82) is 0 Å². The van der Waals surface area contributed by atoms with Crippen molar-refractivity contribution in [1.82, 2.24) is 0 Å². The minimum Gasteiger partial charge on any atom is -0.242 e. The van der Waals surface area contributed by atoms with E-state index in [4.69, 9.17) is 0 Å². The van der Waals surface area contributed by atoms with Gasteiger partial charge in [0.25, 0.3) is 11.0 Å². The summed E-state index contributed by atoms with van der Waals surface area (Å²) in [6, 6.07) is 0. The van der Waals surface area contributed by atoms with Gasteiger partial charge in [-0.15, -0.1) is 0 Å². The van der Waals surface area contributed by atoms with Crippen molar-refractivity contribution in [3.8, 4) is 0 Å². The normalized spacial score (nSPS) is 52.7. The monoisotopic (exact) mass is 364 g/mol. The molecule has 0 bridgehead atoms. The first-order chi connectivity index (χ1) is 9.39. The molecule has 2 aliphatic heterocycles. The van der Waals surface area contributed by atoms with Crippen molar-refractivity contribution in [2.45, 2.75) is 36.1 Å². The van der Waals surface area contributed by atoms with Crippen molar-refractivity contribution < 1.29 is 51.5 Å². The molecule has 0 N–H and O–H groups in total. The van der Waals surface area contributed by atoms with Crippen molar-refractivity contribution in [2.24, 2.45) is 5.41 Å². The summed E-state index contributed by atoms with van der Waals surface area (Å²) in [5.74, 6) is 0. The van der Waals surface area contributed by atoms with Crippen LogP contribution in [0.1, 0.15) is 0 Å². The van der Waals surface area contributed by atoms with Crippen molar-refractivity contribution >= 4 is 20.2 Å². The summed E-state index contributed by atoms with van der Waals surface area (Å²) >= 11 is 0. The van der Waals surface area contributed by atoms with Crippen molar-refractivity contribution in [3.63, 3.8) is 0 Å². The second kappa shape index (κ2) is 4.70. The first-order valence-corrected chi connectivity index (χ1v) is 8.02. The molecule has 0 amide bonds. The van der Waals surface area contributed by atoms with E-state index in [2.05, 4.69) is 8.37 Å². The Kier molecular flexibility index (Phi) is 3.75. The summed E-state index contributed by atoms with van der Waals surface area (Å²) < 4.78 is 132. The molecule has 7 atom stereocenters. The zero-order chi connectivity index (χ0) is 16.4. The van der Waals surface area contributed by atoms with Gasteiger partial charge in [0.15, 0.2) is 17.8 Å². The third-order valence-corrected chi connectivity index (χ3v) is 5.65. The summed E-state index contributed by atoms with van der Waals surface area (Å²) in [4.78, 5) is 0. The van der Waals surface area contributed by atoms with Crippen LogP contribution in [0.4, 0.5) is 26.3 Å². The Morgan fingerprint density at radius 1 is 0.667 bits per heavy atom. The van der Waals surface area contributed by atoms with Gasteiger partial charge in [-0.05, 0) is 0 Å². The quantitative estimate of drug-likeness (QED) is 0.461. The predicted octanol–water partition coefficient (Wildman–Crippen LogP) is 0.551. The molecule has 2 saturated heterocycles. The van der Waals surface area contributed by atoms with Gasteiger partial charge in [-0.3, -0.25) is 0 Å². The smallest absolute Gasteiger partial charge is 0.242 e. The highest BCUT2D eigenvalue weighted by atomic mass is 32.2. The maximum Gasteiger partial charge on any atom is 0.305 e. The van der Waals surface area contributed by atoms with Gasteiger partial charge in [0.2, 0.25) is 12.7 Å². The summed E-state index contributed by atoms with van der Waals surface area (Å²) in [7, 11) is -11.0. The van der Waals surface area contributed by atoms with Gasteiger partial charge in [-0.2, -0.15) is 16.8 Å². The fourth-order valence-electron chi connectivity index (χ4n) is 2.01. The molecule has 1 spiro atoms. The largest absolute Gasteiger partial charge is 0.305 e. The van der Waals surface area contributed by atoms with Gasteiger partial charge in [-0.1, -0.05) is 0 Å². The SMILES string of the molecule is O=S1(=O)OC(F)C2(C(F)C1F)[C@H](F)OS(=O)(=O)C(F)[C@@H]2F. The summed E-state index contributed by atoms with van der Waals surface area (Å²) in [6.45, 7) is 0. The fraction of sp³-hybridized carbons (Fsp3) is 1.00. The van der Waals surface area contributed by atoms with E-state index in [9.17, 15) is 43.2 Å². The Morgan fingerprint density at radius 2 is 0.952 bits per heavy atom. The van der Waals surface area contributed by atoms with Crippen LogP contribution in [0, 0.1) is 5.41 Å². The summed E-state index contributed by atoms with van der Waals surface area (Å²) in [5.41, 5.74) is -11.6. The Labute approximate surface area is 114 Å². The average molecular weight is 364 g/mol. The molecular weight excluding hydrogens is 358 g/mol. The number of rotatable bonds is 0. The van der Waals surface area contributed by atoms with Crippen LogP contribution in [0.3, 0.4) is 0 Å². The van der Waals surface area contributed by atoms with Gasteiger partial charge in [-0.25, -0.2) is 34.7 Å². The van der Waals surface area contributed by atoms with Crippen LogP contribution in [-0.2, 0) is 28.6 Å². The molecule has 6 nitrogen and oxygen atoms in total. The first-order valence-electron chi connectivity index (χ1n) is 5.07. The number of alkyl halides is 6. The second-order valence-electron chi connectivity index (χ2n) is 4.32. The number of hydrogen-bond donors (Lipinski definition) is 0. The molecule has 2 fully saturated rings. The van der Waals surface area contributed by atoms with Crippen molar-refractivity contribution in [2.75, 3.05) is 0 Å². The molecule has 21 heavy (non-hydrogen) atoms. The van der Waals surface area contributed by atoms with Gasteiger partial charge >= 0.3 is 20.2 Å². The molecule has 0 radical (unpaired) electrons. The number of halogens is 6. The van der Waals surface area contributed by atoms with Gasteiger partial charge in [0.05, 0.1) is 0 Å². The van der Waals surface area contributed by atoms with E-state index < -0.39 is 61.7 Å². The fourth-order valence-corrected chi connectivity index (χ4v) is 4.08. The van der Waals surface area contributed by atoms with Gasteiger partial charge in [0.1, 0.15) is 0 Å². The van der Waals surface area contributed by atoms with E-state index in [1.165, 1.54) is 0 Å². The van der Waals surface area contributed by atoms with Crippen LogP contribution < -0.4 is 0 Å². The lowest BCUT2D eigenvalue weighted by molar-refractivity contribution is -0.246. The molecule has 124 valence electrons. The van der Waals surface area contributed by atoms with Gasteiger partial charge < -0.3 is 0 Å². The highest BCUT2D eigenvalue weighted by molar-refractivity contribution is 7.87. The standard InChI is InChI=1S/C7H6F6O6S2/c8-1-3(10)20(14,15)18-5(12)7(1)2(9)4(11)21(16,17)19-6(7)13/h1-6H/t1-,2?,3?,4?,5+,6?,7?/m0/s1. The van der Waals surface area contributed by atoms with Crippen LogP contribution >= 0.6 is 0 Å². The summed E-state index contributed by atoms with van der Waals surface area (Å²) in [5, 5.41) is 0. The predicted molar refractivity (Wildman–Crippen MR) is 51.8 cm³/mol. The second-order valence-corrected chi connectivity index (χ2v) is 7.57. The summed E-state index contributed by atoms with van der Waals surface area (Å²) in [6.07, 6.45) is -15.1. The van der Waals surface area contributed by atoms with Crippen molar-refractivity contribution in [3.05, 3.63) is 0 Å². The molecule has 2 aliphatic rings. The lowest BCUT2D eigenvalue weighted by Crippen LogP contribution is -2.69. The molecule has 5 unspecified atom stereocenters. The Morgan fingerprint density at radius 3 is 1.24 bits per heavy atom. The highest BCUT2D eigenvalue weighted by Crippen LogP contribution is 2.54.